The highest BCUT2D eigenvalue weighted by molar-refractivity contribution is 6.30. The van der Waals surface area contributed by atoms with Crippen LogP contribution in [0.25, 0.3) is 0 Å². The average Bonchev–Trinajstić information content (AvgIpc) is 2.51. The number of halogens is 1. The van der Waals surface area contributed by atoms with Gasteiger partial charge in [0.1, 0.15) is 0 Å². The molecule has 2 heterocycles. The Morgan fingerprint density at radius 2 is 1.81 bits per heavy atom. The lowest BCUT2D eigenvalue weighted by Crippen LogP contribution is -2.45. The molecular formula is C14H17ClN6. The smallest absolute Gasteiger partial charge is 0.247 e. The predicted molar refractivity (Wildman–Crippen MR) is 84.3 cm³/mol. The van der Waals surface area contributed by atoms with Gasteiger partial charge in [0.05, 0.1) is 6.20 Å². The third kappa shape index (κ3) is 3.59. The summed E-state index contributed by atoms with van der Waals surface area (Å²) >= 11 is 5.88. The van der Waals surface area contributed by atoms with Crippen LogP contribution in [-0.4, -0.2) is 53.3 Å². The van der Waals surface area contributed by atoms with Crippen molar-refractivity contribution in [3.05, 3.63) is 35.5 Å². The molecule has 0 atom stereocenters. The van der Waals surface area contributed by atoms with Crippen LogP contribution in [0.5, 0.6) is 0 Å². The topological polar surface area (TPSA) is 57.2 Å². The highest BCUT2D eigenvalue weighted by atomic mass is 35.5. The minimum absolute atomic E-state index is 0.669. The maximum Gasteiger partial charge on any atom is 0.247 e. The second kappa shape index (κ2) is 6.24. The molecule has 6 nitrogen and oxygen atoms in total. The van der Waals surface area contributed by atoms with E-state index < -0.39 is 0 Å². The zero-order valence-electron chi connectivity index (χ0n) is 11.8. The van der Waals surface area contributed by atoms with Crippen LogP contribution < -0.4 is 10.2 Å². The summed E-state index contributed by atoms with van der Waals surface area (Å²) in [5, 5.41) is 12.1. The fraction of sp³-hybridized carbons (Fsp3) is 0.357. The summed E-state index contributed by atoms with van der Waals surface area (Å²) in [6.45, 7) is 3.86. The molecule has 2 aromatic rings. The lowest BCUT2D eigenvalue weighted by Gasteiger charge is -2.32. The minimum atomic E-state index is 0.669. The van der Waals surface area contributed by atoms with E-state index in [-0.39, 0.29) is 0 Å². The number of nitrogens with zero attached hydrogens (tertiary/aromatic N) is 5. The SMILES string of the molecule is CN1CCN(c2nncc(Nc3ccc(Cl)cc3)n2)CC1. The Morgan fingerprint density at radius 3 is 2.52 bits per heavy atom. The summed E-state index contributed by atoms with van der Waals surface area (Å²) in [7, 11) is 2.12. The van der Waals surface area contributed by atoms with Crippen LogP contribution in [0.3, 0.4) is 0 Å². The van der Waals surface area contributed by atoms with Crippen molar-refractivity contribution in [2.45, 2.75) is 0 Å². The Labute approximate surface area is 128 Å². The van der Waals surface area contributed by atoms with E-state index in [0.717, 1.165) is 31.9 Å². The number of benzene rings is 1. The van der Waals surface area contributed by atoms with Crippen molar-refractivity contribution in [3.63, 3.8) is 0 Å². The van der Waals surface area contributed by atoms with Gasteiger partial charge in [0, 0.05) is 36.9 Å². The van der Waals surface area contributed by atoms with E-state index >= 15 is 0 Å². The Hall–Kier alpha value is -1.92. The molecule has 0 radical (unpaired) electrons. The van der Waals surface area contributed by atoms with Crippen molar-refractivity contribution in [3.8, 4) is 0 Å². The van der Waals surface area contributed by atoms with Crippen LogP contribution in [0, 0.1) is 0 Å². The van der Waals surface area contributed by atoms with Gasteiger partial charge in [0.2, 0.25) is 5.95 Å². The molecule has 3 rings (SSSR count). The molecule has 0 bridgehead atoms. The number of rotatable bonds is 3. The number of anilines is 3. The largest absolute Gasteiger partial charge is 0.339 e. The molecule has 1 saturated heterocycles. The highest BCUT2D eigenvalue weighted by Gasteiger charge is 2.17. The Balaban J connectivity index is 1.72. The number of nitrogens with one attached hydrogen (secondary N) is 1. The van der Waals surface area contributed by atoms with Gasteiger partial charge in [0.15, 0.2) is 5.82 Å². The summed E-state index contributed by atoms with van der Waals surface area (Å²) in [6, 6.07) is 7.47. The van der Waals surface area contributed by atoms with Crippen molar-refractivity contribution in [1.82, 2.24) is 20.1 Å². The molecule has 21 heavy (non-hydrogen) atoms. The van der Waals surface area contributed by atoms with Crippen LogP contribution in [0.1, 0.15) is 0 Å². The average molecular weight is 305 g/mol. The summed E-state index contributed by atoms with van der Waals surface area (Å²) in [5.41, 5.74) is 0.921. The Bertz CT molecular complexity index is 595. The monoisotopic (exact) mass is 304 g/mol. The summed E-state index contributed by atoms with van der Waals surface area (Å²) in [6.07, 6.45) is 1.62. The number of piperazine rings is 1. The zero-order valence-corrected chi connectivity index (χ0v) is 12.6. The van der Waals surface area contributed by atoms with Gasteiger partial charge in [0.25, 0.3) is 0 Å². The molecule has 0 aliphatic carbocycles. The van der Waals surface area contributed by atoms with Crippen molar-refractivity contribution < 1.29 is 0 Å². The van der Waals surface area contributed by atoms with E-state index in [0.29, 0.717) is 16.8 Å². The maximum absolute atomic E-state index is 5.88. The van der Waals surface area contributed by atoms with Gasteiger partial charge in [-0.2, -0.15) is 10.1 Å². The molecule has 110 valence electrons. The van der Waals surface area contributed by atoms with E-state index in [1.165, 1.54) is 0 Å². The van der Waals surface area contributed by atoms with Crippen LogP contribution in [0.15, 0.2) is 30.5 Å². The molecule has 0 saturated carbocycles. The molecule has 0 unspecified atom stereocenters. The van der Waals surface area contributed by atoms with Gasteiger partial charge in [-0.1, -0.05) is 11.6 Å². The first kappa shape index (κ1) is 14.0. The molecule has 1 aromatic heterocycles. The summed E-state index contributed by atoms with van der Waals surface area (Å²) < 4.78 is 0. The van der Waals surface area contributed by atoms with E-state index in [4.69, 9.17) is 11.6 Å². The highest BCUT2D eigenvalue weighted by Crippen LogP contribution is 2.18. The first-order valence-electron chi connectivity index (χ1n) is 6.86. The first-order chi connectivity index (χ1) is 10.2. The second-order valence-corrected chi connectivity index (χ2v) is 5.50. The van der Waals surface area contributed by atoms with Gasteiger partial charge < -0.3 is 15.1 Å². The Kier molecular flexibility index (Phi) is 4.17. The van der Waals surface area contributed by atoms with E-state index in [1.807, 2.05) is 24.3 Å². The van der Waals surface area contributed by atoms with Crippen molar-refractivity contribution in [2.75, 3.05) is 43.4 Å². The summed E-state index contributed by atoms with van der Waals surface area (Å²) in [5.74, 6) is 1.35. The van der Waals surface area contributed by atoms with Crippen LogP contribution in [-0.2, 0) is 0 Å². The van der Waals surface area contributed by atoms with E-state index in [1.54, 1.807) is 6.20 Å². The molecule has 1 aromatic carbocycles. The second-order valence-electron chi connectivity index (χ2n) is 5.06. The molecule has 1 aliphatic heterocycles. The lowest BCUT2D eigenvalue weighted by molar-refractivity contribution is 0.311. The van der Waals surface area contributed by atoms with Gasteiger partial charge in [-0.25, -0.2) is 0 Å². The minimum Gasteiger partial charge on any atom is -0.339 e. The number of aromatic nitrogens is 3. The van der Waals surface area contributed by atoms with Crippen molar-refractivity contribution in [2.24, 2.45) is 0 Å². The van der Waals surface area contributed by atoms with Crippen LogP contribution in [0.4, 0.5) is 17.5 Å². The molecule has 1 aliphatic rings. The third-order valence-electron chi connectivity index (χ3n) is 3.45. The zero-order chi connectivity index (χ0) is 14.7. The fourth-order valence-corrected chi connectivity index (χ4v) is 2.30. The number of hydrogen-bond donors (Lipinski definition) is 1. The quantitative estimate of drug-likeness (QED) is 0.936. The van der Waals surface area contributed by atoms with E-state index in [9.17, 15) is 0 Å². The molecule has 1 fully saturated rings. The molecular weight excluding hydrogens is 288 g/mol. The van der Waals surface area contributed by atoms with Gasteiger partial charge in [-0.3, -0.25) is 0 Å². The van der Waals surface area contributed by atoms with Gasteiger partial charge >= 0.3 is 0 Å². The maximum atomic E-state index is 5.88. The molecule has 1 N–H and O–H groups in total. The van der Waals surface area contributed by atoms with Gasteiger partial charge in [-0.15, -0.1) is 5.10 Å². The van der Waals surface area contributed by atoms with E-state index in [2.05, 4.69) is 37.3 Å². The normalized spacial score (nSPS) is 16.0. The Morgan fingerprint density at radius 1 is 1.10 bits per heavy atom. The third-order valence-corrected chi connectivity index (χ3v) is 3.70. The van der Waals surface area contributed by atoms with Gasteiger partial charge in [-0.05, 0) is 31.3 Å². The number of hydrogen-bond acceptors (Lipinski definition) is 6. The van der Waals surface area contributed by atoms with Crippen molar-refractivity contribution >= 4 is 29.1 Å². The summed E-state index contributed by atoms with van der Waals surface area (Å²) in [4.78, 5) is 8.97. The predicted octanol–water partition coefficient (Wildman–Crippen LogP) is 2.02. The molecule has 0 spiro atoms. The first-order valence-corrected chi connectivity index (χ1v) is 7.24. The molecule has 0 amide bonds. The standard InChI is InChI=1S/C14H17ClN6/c1-20-6-8-21(9-7-20)14-18-13(10-16-19-14)17-12-4-2-11(15)3-5-12/h2-5,10H,6-9H2,1H3,(H,17,18,19). The van der Waals surface area contributed by atoms with Crippen molar-refractivity contribution in [1.29, 1.82) is 0 Å². The fourth-order valence-electron chi connectivity index (χ4n) is 2.18. The lowest BCUT2D eigenvalue weighted by atomic mass is 10.3. The number of likely N-dealkylation sites (N-methyl/N-ethyl adjacent to an activating group) is 1. The van der Waals surface area contributed by atoms with Crippen LogP contribution in [0.2, 0.25) is 5.02 Å². The molecule has 7 heteroatoms. The van der Waals surface area contributed by atoms with Crippen LogP contribution >= 0.6 is 11.6 Å².